The molecule has 0 saturated heterocycles. The smallest absolute Gasteiger partial charge is 0.197 e. The summed E-state index contributed by atoms with van der Waals surface area (Å²) in [5.74, 6) is 0.847. The minimum atomic E-state index is 0.476. The van der Waals surface area contributed by atoms with Gasteiger partial charge in [-0.05, 0) is 49.3 Å². The Bertz CT molecular complexity index is 605. The van der Waals surface area contributed by atoms with E-state index in [2.05, 4.69) is 23.0 Å². The molecule has 0 aliphatic heterocycles. The first kappa shape index (κ1) is 11.8. The first-order valence-corrected chi connectivity index (χ1v) is 5.73. The molecule has 0 radical (unpaired) electrons. The molecule has 3 nitrogen and oxygen atoms in total. The Morgan fingerprint density at radius 3 is 2.71 bits per heavy atom. The molecule has 1 aromatic heterocycles. The lowest BCUT2D eigenvalue weighted by atomic mass is 10.0. The van der Waals surface area contributed by atoms with Gasteiger partial charge in [0.25, 0.3) is 0 Å². The van der Waals surface area contributed by atoms with Crippen LogP contribution < -0.4 is 4.74 Å². The fourth-order valence-corrected chi connectivity index (χ4v) is 2.12. The number of nitrogens with zero attached hydrogens (tertiary/aromatic N) is 1. The Morgan fingerprint density at radius 1 is 1.29 bits per heavy atom. The van der Waals surface area contributed by atoms with Crippen molar-refractivity contribution in [3.8, 4) is 17.0 Å². The van der Waals surface area contributed by atoms with Gasteiger partial charge < -0.3 is 9.72 Å². The fraction of sp³-hybridized carbons (Fsp3) is 0.231. The van der Waals surface area contributed by atoms with Crippen LogP contribution in [0, 0.1) is 18.6 Å². The van der Waals surface area contributed by atoms with Crippen LogP contribution in [0.3, 0.4) is 0 Å². The predicted octanol–water partition coefficient (Wildman–Crippen LogP) is 3.43. The second kappa shape index (κ2) is 4.67. The zero-order chi connectivity index (χ0) is 12.4. The second-order valence-electron chi connectivity index (χ2n) is 3.95. The molecule has 0 fully saturated rings. The predicted molar refractivity (Wildman–Crippen MR) is 70.9 cm³/mol. The Labute approximate surface area is 105 Å². The van der Waals surface area contributed by atoms with Gasteiger partial charge in [-0.2, -0.15) is 0 Å². The number of aryl methyl sites for hydroxylation is 2. The van der Waals surface area contributed by atoms with Crippen LogP contribution in [0.15, 0.2) is 24.4 Å². The lowest BCUT2D eigenvalue weighted by Crippen LogP contribution is -1.95. The van der Waals surface area contributed by atoms with Gasteiger partial charge in [-0.25, -0.2) is 4.98 Å². The standard InChI is InChI=1S/C13H14N2OS/c1-8-6-9(2)12(11(7-8)16-3)10-4-5-14-13(17)15-10/h4-7H,1-3H3,(H,14,15,17). The number of aromatic nitrogens is 2. The number of benzene rings is 1. The summed E-state index contributed by atoms with van der Waals surface area (Å²) >= 11 is 5.04. The highest BCUT2D eigenvalue weighted by Crippen LogP contribution is 2.32. The zero-order valence-corrected chi connectivity index (χ0v) is 10.9. The summed E-state index contributed by atoms with van der Waals surface area (Å²) in [4.78, 5) is 7.07. The van der Waals surface area contributed by atoms with Gasteiger partial charge in [0.05, 0.1) is 12.8 Å². The number of hydrogen-bond donors (Lipinski definition) is 1. The molecule has 1 heterocycles. The number of nitrogens with one attached hydrogen (secondary N) is 1. The number of aromatic amines is 1. The van der Waals surface area contributed by atoms with Crippen molar-refractivity contribution in [1.29, 1.82) is 0 Å². The van der Waals surface area contributed by atoms with E-state index in [4.69, 9.17) is 17.0 Å². The maximum absolute atomic E-state index is 5.43. The molecule has 0 aliphatic carbocycles. The summed E-state index contributed by atoms with van der Waals surface area (Å²) in [6.07, 6.45) is 1.70. The summed E-state index contributed by atoms with van der Waals surface area (Å²) in [6, 6.07) is 6.03. The van der Waals surface area contributed by atoms with E-state index in [0.29, 0.717) is 4.77 Å². The summed E-state index contributed by atoms with van der Waals surface area (Å²) in [7, 11) is 1.67. The molecule has 1 N–H and O–H groups in total. The van der Waals surface area contributed by atoms with Crippen LogP contribution in [-0.4, -0.2) is 17.1 Å². The molecule has 0 aliphatic rings. The molecule has 0 unspecified atom stereocenters. The van der Waals surface area contributed by atoms with Gasteiger partial charge in [-0.1, -0.05) is 6.07 Å². The van der Waals surface area contributed by atoms with Crippen LogP contribution in [-0.2, 0) is 0 Å². The third-order valence-corrected chi connectivity index (χ3v) is 2.81. The number of methoxy groups -OCH3 is 1. The highest BCUT2D eigenvalue weighted by molar-refractivity contribution is 7.71. The molecule has 2 aromatic rings. The Balaban J connectivity index is 2.70. The van der Waals surface area contributed by atoms with Gasteiger partial charge in [0.15, 0.2) is 4.77 Å². The largest absolute Gasteiger partial charge is 0.496 e. The number of H-pyrrole nitrogens is 1. The monoisotopic (exact) mass is 246 g/mol. The van der Waals surface area contributed by atoms with E-state index in [9.17, 15) is 0 Å². The van der Waals surface area contributed by atoms with Crippen molar-refractivity contribution in [3.05, 3.63) is 40.3 Å². The average Bonchev–Trinajstić information content (AvgIpc) is 2.27. The molecular weight excluding hydrogens is 232 g/mol. The number of ether oxygens (including phenoxy) is 1. The van der Waals surface area contributed by atoms with Gasteiger partial charge in [0.2, 0.25) is 0 Å². The van der Waals surface area contributed by atoms with Crippen LogP contribution in [0.2, 0.25) is 0 Å². The highest BCUT2D eigenvalue weighted by atomic mass is 32.1. The van der Waals surface area contributed by atoms with E-state index in [1.54, 1.807) is 13.3 Å². The minimum absolute atomic E-state index is 0.476. The van der Waals surface area contributed by atoms with Crippen molar-refractivity contribution in [2.24, 2.45) is 0 Å². The van der Waals surface area contributed by atoms with Crippen molar-refractivity contribution in [1.82, 2.24) is 9.97 Å². The van der Waals surface area contributed by atoms with Crippen LogP contribution >= 0.6 is 12.2 Å². The molecule has 0 amide bonds. The van der Waals surface area contributed by atoms with Gasteiger partial charge >= 0.3 is 0 Å². The number of hydrogen-bond acceptors (Lipinski definition) is 3. The first-order valence-electron chi connectivity index (χ1n) is 5.33. The van der Waals surface area contributed by atoms with Crippen LogP contribution in [0.5, 0.6) is 5.75 Å². The highest BCUT2D eigenvalue weighted by Gasteiger charge is 2.10. The summed E-state index contributed by atoms with van der Waals surface area (Å²) in [5.41, 5.74) is 4.29. The van der Waals surface area contributed by atoms with Gasteiger partial charge in [0.1, 0.15) is 5.75 Å². The van der Waals surface area contributed by atoms with E-state index in [1.807, 2.05) is 19.1 Å². The maximum atomic E-state index is 5.43. The second-order valence-corrected chi connectivity index (χ2v) is 4.33. The van der Waals surface area contributed by atoms with Crippen LogP contribution in [0.4, 0.5) is 0 Å². The molecule has 0 spiro atoms. The lowest BCUT2D eigenvalue weighted by molar-refractivity contribution is 0.415. The van der Waals surface area contributed by atoms with Crippen molar-refractivity contribution in [2.45, 2.75) is 13.8 Å². The van der Waals surface area contributed by atoms with Gasteiger partial charge in [-0.3, -0.25) is 0 Å². The molecule has 0 atom stereocenters. The molecule has 17 heavy (non-hydrogen) atoms. The first-order chi connectivity index (χ1) is 8.11. The molecule has 88 valence electrons. The van der Waals surface area contributed by atoms with E-state index < -0.39 is 0 Å². The van der Waals surface area contributed by atoms with Crippen molar-refractivity contribution < 1.29 is 4.74 Å². The molecule has 2 rings (SSSR count). The molecule has 0 saturated carbocycles. The van der Waals surface area contributed by atoms with Crippen LogP contribution in [0.25, 0.3) is 11.3 Å². The summed E-state index contributed by atoms with van der Waals surface area (Å²) in [5, 5.41) is 0. The Morgan fingerprint density at radius 2 is 2.06 bits per heavy atom. The summed E-state index contributed by atoms with van der Waals surface area (Å²) < 4.78 is 5.90. The molecule has 4 heteroatoms. The van der Waals surface area contributed by atoms with E-state index in [0.717, 1.165) is 22.6 Å². The zero-order valence-electron chi connectivity index (χ0n) is 10.1. The summed E-state index contributed by atoms with van der Waals surface area (Å²) in [6.45, 7) is 4.11. The minimum Gasteiger partial charge on any atom is -0.496 e. The van der Waals surface area contributed by atoms with Gasteiger partial charge in [0, 0.05) is 11.8 Å². The van der Waals surface area contributed by atoms with Crippen molar-refractivity contribution in [3.63, 3.8) is 0 Å². The van der Waals surface area contributed by atoms with E-state index >= 15 is 0 Å². The Hall–Kier alpha value is -1.68. The normalized spacial score (nSPS) is 10.3. The molecular formula is C13H14N2OS. The van der Waals surface area contributed by atoms with E-state index in [-0.39, 0.29) is 0 Å². The topological polar surface area (TPSA) is 37.9 Å². The van der Waals surface area contributed by atoms with E-state index in [1.165, 1.54) is 5.56 Å². The molecule has 1 aromatic carbocycles. The SMILES string of the molecule is COc1cc(C)cc(C)c1-c1ccnc(=S)[nH]1. The maximum Gasteiger partial charge on any atom is 0.197 e. The Kier molecular flexibility index (Phi) is 3.24. The van der Waals surface area contributed by atoms with Gasteiger partial charge in [-0.15, -0.1) is 0 Å². The van der Waals surface area contributed by atoms with Crippen molar-refractivity contribution in [2.75, 3.05) is 7.11 Å². The van der Waals surface area contributed by atoms with Crippen molar-refractivity contribution >= 4 is 12.2 Å². The molecule has 0 bridgehead atoms. The average molecular weight is 246 g/mol. The number of rotatable bonds is 2. The third-order valence-electron chi connectivity index (χ3n) is 2.61. The fourth-order valence-electron chi connectivity index (χ4n) is 1.95. The van der Waals surface area contributed by atoms with Crippen LogP contribution in [0.1, 0.15) is 11.1 Å². The quantitative estimate of drug-likeness (QED) is 0.825. The third kappa shape index (κ3) is 2.36. The lowest BCUT2D eigenvalue weighted by Gasteiger charge is -2.12.